The third kappa shape index (κ3) is 7.85. The summed E-state index contributed by atoms with van der Waals surface area (Å²) in [6.07, 6.45) is 1.52. The molecule has 0 atom stereocenters. The van der Waals surface area contributed by atoms with Crippen molar-refractivity contribution in [1.29, 1.82) is 0 Å². The second kappa shape index (κ2) is 4.75. The Balaban J connectivity index is 3.53. The first-order chi connectivity index (χ1) is 4.95. The largest absolute Gasteiger partial charge is 0.352 e. The molecule has 0 aliphatic rings. The Hall–Kier alpha value is -0.0500. The molecule has 2 nitrogen and oxygen atoms in total. The average molecular weight is 222 g/mol. The summed E-state index contributed by atoms with van der Waals surface area (Å²) in [5.41, 5.74) is -0.0939. The Morgan fingerprint density at radius 3 is 2.36 bits per heavy atom. The van der Waals surface area contributed by atoms with E-state index in [4.69, 9.17) is 0 Å². The number of carbonyl (C=O) groups excluding carboxylic acids is 1. The first-order valence-corrected chi connectivity index (χ1v) is 4.95. The van der Waals surface area contributed by atoms with Crippen LogP contribution in [-0.4, -0.2) is 16.8 Å². The number of rotatable bonds is 3. The van der Waals surface area contributed by atoms with Crippen LogP contribution >= 0.6 is 15.9 Å². The Morgan fingerprint density at radius 1 is 1.45 bits per heavy atom. The highest BCUT2D eigenvalue weighted by atomic mass is 79.9. The quantitative estimate of drug-likeness (QED) is 0.727. The van der Waals surface area contributed by atoms with Gasteiger partial charge in [0.1, 0.15) is 0 Å². The molecule has 0 unspecified atom stereocenters. The highest BCUT2D eigenvalue weighted by Crippen LogP contribution is 2.01. The van der Waals surface area contributed by atoms with E-state index in [1.165, 1.54) is 0 Å². The summed E-state index contributed by atoms with van der Waals surface area (Å²) >= 11 is 3.28. The van der Waals surface area contributed by atoms with E-state index in [0.717, 1.165) is 11.8 Å². The number of carbonyl (C=O) groups is 1. The van der Waals surface area contributed by atoms with Gasteiger partial charge in [0, 0.05) is 17.3 Å². The van der Waals surface area contributed by atoms with Crippen LogP contribution in [0.25, 0.3) is 0 Å². The van der Waals surface area contributed by atoms with Crippen molar-refractivity contribution in [2.24, 2.45) is 0 Å². The van der Waals surface area contributed by atoms with Crippen molar-refractivity contribution < 1.29 is 4.79 Å². The van der Waals surface area contributed by atoms with Crippen LogP contribution in [0.5, 0.6) is 0 Å². The minimum atomic E-state index is -0.0939. The molecule has 0 radical (unpaired) electrons. The summed E-state index contributed by atoms with van der Waals surface area (Å²) in [6.45, 7) is 5.96. The smallest absolute Gasteiger partial charge is 0.220 e. The fourth-order valence-corrected chi connectivity index (χ4v) is 0.988. The molecule has 66 valence electrons. The monoisotopic (exact) mass is 221 g/mol. The molecule has 0 saturated carbocycles. The number of amides is 1. The van der Waals surface area contributed by atoms with Crippen molar-refractivity contribution in [3.05, 3.63) is 0 Å². The van der Waals surface area contributed by atoms with Crippen LogP contribution < -0.4 is 5.32 Å². The van der Waals surface area contributed by atoms with E-state index in [1.807, 2.05) is 20.8 Å². The minimum absolute atomic E-state index is 0.0939. The number of nitrogens with one attached hydrogen (secondary N) is 1. The molecule has 0 spiro atoms. The topological polar surface area (TPSA) is 29.1 Å². The van der Waals surface area contributed by atoms with E-state index in [-0.39, 0.29) is 11.4 Å². The second-order valence-corrected chi connectivity index (χ2v) is 4.38. The van der Waals surface area contributed by atoms with Gasteiger partial charge in [-0.2, -0.15) is 0 Å². The molecule has 0 heterocycles. The fourth-order valence-electron chi connectivity index (χ4n) is 0.708. The van der Waals surface area contributed by atoms with Gasteiger partial charge in [0.05, 0.1) is 0 Å². The number of alkyl halides is 1. The molecule has 0 rings (SSSR count). The molecule has 1 amide bonds. The fraction of sp³-hybridized carbons (Fsp3) is 0.875. The number of hydrogen-bond acceptors (Lipinski definition) is 1. The zero-order chi connectivity index (χ0) is 8.91. The van der Waals surface area contributed by atoms with Gasteiger partial charge >= 0.3 is 0 Å². The van der Waals surface area contributed by atoms with E-state index in [0.29, 0.717) is 6.42 Å². The van der Waals surface area contributed by atoms with Crippen molar-refractivity contribution in [1.82, 2.24) is 5.32 Å². The molecular weight excluding hydrogens is 206 g/mol. The Kier molecular flexibility index (Phi) is 4.73. The highest BCUT2D eigenvalue weighted by Gasteiger charge is 2.12. The molecule has 3 heteroatoms. The van der Waals surface area contributed by atoms with E-state index >= 15 is 0 Å². The molecule has 0 aromatic carbocycles. The average Bonchev–Trinajstić information content (AvgIpc) is 1.79. The van der Waals surface area contributed by atoms with Crippen molar-refractivity contribution in [3.63, 3.8) is 0 Å². The SMILES string of the molecule is CC(C)(C)NC(=O)CCCBr. The maximum absolute atomic E-state index is 11.1. The lowest BCUT2D eigenvalue weighted by Gasteiger charge is -2.20. The third-order valence-corrected chi connectivity index (χ3v) is 1.61. The van der Waals surface area contributed by atoms with Crippen molar-refractivity contribution in [2.45, 2.75) is 39.2 Å². The van der Waals surface area contributed by atoms with Crippen molar-refractivity contribution in [3.8, 4) is 0 Å². The van der Waals surface area contributed by atoms with Gasteiger partial charge in [-0.15, -0.1) is 0 Å². The van der Waals surface area contributed by atoms with Crippen LogP contribution in [0.1, 0.15) is 33.6 Å². The van der Waals surface area contributed by atoms with Gasteiger partial charge in [-0.3, -0.25) is 4.79 Å². The highest BCUT2D eigenvalue weighted by molar-refractivity contribution is 9.09. The standard InChI is InChI=1S/C8H16BrNO/c1-8(2,3)10-7(11)5-4-6-9/h4-6H2,1-3H3,(H,10,11). The second-order valence-electron chi connectivity index (χ2n) is 3.59. The van der Waals surface area contributed by atoms with Crippen LogP contribution in [0.4, 0.5) is 0 Å². The van der Waals surface area contributed by atoms with Crippen LogP contribution in [0.2, 0.25) is 0 Å². The minimum Gasteiger partial charge on any atom is -0.352 e. The summed E-state index contributed by atoms with van der Waals surface area (Å²) in [4.78, 5) is 11.1. The summed E-state index contributed by atoms with van der Waals surface area (Å²) in [7, 11) is 0. The summed E-state index contributed by atoms with van der Waals surface area (Å²) in [6, 6.07) is 0. The zero-order valence-corrected chi connectivity index (χ0v) is 8.99. The lowest BCUT2D eigenvalue weighted by Crippen LogP contribution is -2.40. The normalized spacial score (nSPS) is 11.3. The number of halogens is 1. The predicted octanol–water partition coefficient (Wildman–Crippen LogP) is 2.08. The molecule has 1 N–H and O–H groups in total. The van der Waals surface area contributed by atoms with E-state index in [1.54, 1.807) is 0 Å². The molecule has 0 aliphatic carbocycles. The molecule has 0 aromatic heterocycles. The molecule has 0 bridgehead atoms. The maximum Gasteiger partial charge on any atom is 0.220 e. The Labute approximate surface area is 76.9 Å². The van der Waals surface area contributed by atoms with Crippen molar-refractivity contribution >= 4 is 21.8 Å². The van der Waals surface area contributed by atoms with Crippen LogP contribution in [0, 0.1) is 0 Å². The predicted molar refractivity (Wildman–Crippen MR) is 50.9 cm³/mol. The van der Waals surface area contributed by atoms with Gasteiger partial charge in [0.15, 0.2) is 0 Å². The summed E-state index contributed by atoms with van der Waals surface area (Å²) in [5.74, 6) is 0.136. The molecule has 0 fully saturated rings. The van der Waals surface area contributed by atoms with Crippen LogP contribution in [-0.2, 0) is 4.79 Å². The first kappa shape index (κ1) is 11.0. The Morgan fingerprint density at radius 2 is 2.00 bits per heavy atom. The van der Waals surface area contributed by atoms with Crippen LogP contribution in [0.15, 0.2) is 0 Å². The number of hydrogen-bond donors (Lipinski definition) is 1. The molecule has 11 heavy (non-hydrogen) atoms. The van der Waals surface area contributed by atoms with Gasteiger partial charge in [-0.1, -0.05) is 15.9 Å². The lowest BCUT2D eigenvalue weighted by atomic mass is 10.1. The van der Waals surface area contributed by atoms with Crippen molar-refractivity contribution in [2.75, 3.05) is 5.33 Å². The lowest BCUT2D eigenvalue weighted by molar-refractivity contribution is -0.122. The van der Waals surface area contributed by atoms with E-state index < -0.39 is 0 Å². The van der Waals surface area contributed by atoms with Gasteiger partial charge in [0.2, 0.25) is 5.91 Å². The van der Waals surface area contributed by atoms with E-state index in [9.17, 15) is 4.79 Å². The molecule has 0 aromatic rings. The van der Waals surface area contributed by atoms with Gasteiger partial charge in [0.25, 0.3) is 0 Å². The molecule has 0 aliphatic heterocycles. The zero-order valence-electron chi connectivity index (χ0n) is 7.41. The maximum atomic E-state index is 11.1. The van der Waals surface area contributed by atoms with Gasteiger partial charge in [-0.25, -0.2) is 0 Å². The van der Waals surface area contributed by atoms with Crippen LogP contribution in [0.3, 0.4) is 0 Å². The molecule has 0 saturated heterocycles. The molecular formula is C8H16BrNO. The first-order valence-electron chi connectivity index (χ1n) is 3.82. The third-order valence-electron chi connectivity index (χ3n) is 1.05. The van der Waals surface area contributed by atoms with Gasteiger partial charge in [-0.05, 0) is 27.2 Å². The van der Waals surface area contributed by atoms with Gasteiger partial charge < -0.3 is 5.32 Å². The Bertz CT molecular complexity index is 129. The summed E-state index contributed by atoms with van der Waals surface area (Å²) < 4.78 is 0. The van der Waals surface area contributed by atoms with E-state index in [2.05, 4.69) is 21.2 Å². The summed E-state index contributed by atoms with van der Waals surface area (Å²) in [5, 5.41) is 3.79.